The standard InChI is InChI=1S/C16H12BCl2FO4/c18-11-2-1-9(14(19)6-11)3-4-23-16(21)12-7-13-10(5-15(12)20)8-24-17(13)22/h1-2,5-7,22H,3-4,8H2. The number of carbonyl (C=O) groups excluding carboxylic acids is 1. The van der Waals surface area contributed by atoms with Gasteiger partial charge in [0, 0.05) is 16.5 Å². The van der Waals surface area contributed by atoms with Crippen molar-refractivity contribution < 1.29 is 23.6 Å². The van der Waals surface area contributed by atoms with Crippen LogP contribution in [0, 0.1) is 5.82 Å². The number of halogens is 3. The highest BCUT2D eigenvalue weighted by Crippen LogP contribution is 2.21. The maximum atomic E-state index is 14.0. The summed E-state index contributed by atoms with van der Waals surface area (Å²) in [6.07, 6.45) is 0.375. The van der Waals surface area contributed by atoms with Gasteiger partial charge in [0.2, 0.25) is 0 Å². The molecule has 0 saturated heterocycles. The average Bonchev–Trinajstić information content (AvgIpc) is 2.89. The van der Waals surface area contributed by atoms with Crippen molar-refractivity contribution in [3.63, 3.8) is 0 Å². The summed E-state index contributed by atoms with van der Waals surface area (Å²) in [7, 11) is -1.15. The monoisotopic (exact) mass is 368 g/mol. The van der Waals surface area contributed by atoms with E-state index in [2.05, 4.69) is 0 Å². The Bertz CT molecular complexity index is 800. The number of benzene rings is 2. The molecule has 0 fully saturated rings. The van der Waals surface area contributed by atoms with E-state index in [1.807, 2.05) is 0 Å². The second-order valence-electron chi connectivity index (χ2n) is 5.32. The molecule has 0 unspecified atom stereocenters. The fraction of sp³-hybridized carbons (Fsp3) is 0.188. The quantitative estimate of drug-likeness (QED) is 0.666. The van der Waals surface area contributed by atoms with Crippen LogP contribution in [-0.2, 0) is 22.4 Å². The van der Waals surface area contributed by atoms with Crippen LogP contribution in [0.4, 0.5) is 4.39 Å². The summed E-state index contributed by atoms with van der Waals surface area (Å²) >= 11 is 11.9. The minimum Gasteiger partial charge on any atom is -0.462 e. The maximum absolute atomic E-state index is 14.0. The molecule has 8 heteroatoms. The number of carbonyl (C=O) groups is 1. The zero-order valence-corrected chi connectivity index (χ0v) is 13.9. The Labute approximate surface area is 148 Å². The first kappa shape index (κ1) is 17.2. The van der Waals surface area contributed by atoms with Crippen molar-refractivity contribution in [2.75, 3.05) is 6.61 Å². The minimum absolute atomic E-state index is 0.0375. The molecule has 1 aliphatic rings. The van der Waals surface area contributed by atoms with Gasteiger partial charge < -0.3 is 14.4 Å². The lowest BCUT2D eigenvalue weighted by Gasteiger charge is -2.09. The smallest absolute Gasteiger partial charge is 0.462 e. The van der Waals surface area contributed by atoms with Crippen LogP contribution < -0.4 is 5.46 Å². The molecule has 1 aliphatic heterocycles. The fourth-order valence-corrected chi connectivity index (χ4v) is 2.96. The van der Waals surface area contributed by atoms with E-state index in [1.165, 1.54) is 12.1 Å². The lowest BCUT2D eigenvalue weighted by atomic mass is 9.78. The largest absolute Gasteiger partial charge is 0.491 e. The Kier molecular flexibility index (Phi) is 5.11. The molecule has 0 spiro atoms. The summed E-state index contributed by atoms with van der Waals surface area (Å²) in [5.74, 6) is -1.51. The highest BCUT2D eigenvalue weighted by molar-refractivity contribution is 6.61. The van der Waals surface area contributed by atoms with Gasteiger partial charge in [-0.2, -0.15) is 0 Å². The van der Waals surface area contributed by atoms with Crippen LogP contribution in [0.3, 0.4) is 0 Å². The normalized spacial score (nSPS) is 13.1. The molecule has 2 aromatic carbocycles. The second kappa shape index (κ2) is 7.11. The average molecular weight is 369 g/mol. The van der Waals surface area contributed by atoms with Crippen molar-refractivity contribution in [3.05, 3.63) is 62.9 Å². The Hall–Kier alpha value is -1.60. The van der Waals surface area contributed by atoms with Crippen LogP contribution in [0.1, 0.15) is 21.5 Å². The lowest BCUT2D eigenvalue weighted by molar-refractivity contribution is 0.0504. The fourth-order valence-electron chi connectivity index (χ4n) is 2.46. The first-order valence-electron chi connectivity index (χ1n) is 7.18. The number of esters is 1. The van der Waals surface area contributed by atoms with Crippen LogP contribution in [0.15, 0.2) is 30.3 Å². The van der Waals surface area contributed by atoms with Gasteiger partial charge in [0.15, 0.2) is 0 Å². The van der Waals surface area contributed by atoms with Crippen molar-refractivity contribution in [2.24, 2.45) is 0 Å². The van der Waals surface area contributed by atoms with E-state index >= 15 is 0 Å². The van der Waals surface area contributed by atoms with Gasteiger partial charge in [0.05, 0.1) is 18.8 Å². The predicted molar refractivity (Wildman–Crippen MR) is 89.2 cm³/mol. The highest BCUT2D eigenvalue weighted by atomic mass is 35.5. The summed E-state index contributed by atoms with van der Waals surface area (Å²) in [6, 6.07) is 7.47. The van der Waals surface area contributed by atoms with Crippen molar-refractivity contribution in [1.82, 2.24) is 0 Å². The van der Waals surface area contributed by atoms with Gasteiger partial charge in [-0.3, -0.25) is 0 Å². The molecule has 0 aliphatic carbocycles. The third-order valence-electron chi connectivity index (χ3n) is 3.73. The van der Waals surface area contributed by atoms with Gasteiger partial charge >= 0.3 is 13.1 Å². The topological polar surface area (TPSA) is 55.8 Å². The van der Waals surface area contributed by atoms with Crippen LogP contribution >= 0.6 is 23.2 Å². The van der Waals surface area contributed by atoms with E-state index in [0.29, 0.717) is 27.5 Å². The summed E-state index contributed by atoms with van der Waals surface area (Å²) in [6.45, 7) is 0.146. The minimum atomic E-state index is -1.15. The van der Waals surface area contributed by atoms with Crippen molar-refractivity contribution in [3.8, 4) is 0 Å². The number of ether oxygens (including phenoxy) is 1. The molecule has 0 aromatic heterocycles. The molecule has 0 amide bonds. The summed E-state index contributed by atoms with van der Waals surface area (Å²) in [5.41, 5.74) is 1.43. The maximum Gasteiger partial charge on any atom is 0.491 e. The van der Waals surface area contributed by atoms with E-state index in [4.69, 9.17) is 32.6 Å². The van der Waals surface area contributed by atoms with Gasteiger partial charge in [-0.1, -0.05) is 29.3 Å². The molecule has 0 atom stereocenters. The van der Waals surface area contributed by atoms with Crippen molar-refractivity contribution in [1.29, 1.82) is 0 Å². The van der Waals surface area contributed by atoms with Gasteiger partial charge in [-0.15, -0.1) is 0 Å². The Morgan fingerprint density at radius 1 is 1.33 bits per heavy atom. The molecule has 3 rings (SSSR count). The summed E-state index contributed by atoms with van der Waals surface area (Å²) in [5, 5.41) is 10.6. The predicted octanol–water partition coefficient (Wildman–Crippen LogP) is 2.75. The molecule has 24 heavy (non-hydrogen) atoms. The second-order valence-corrected chi connectivity index (χ2v) is 6.16. The van der Waals surface area contributed by atoms with E-state index in [1.54, 1.807) is 18.2 Å². The first-order valence-corrected chi connectivity index (χ1v) is 7.94. The third-order valence-corrected chi connectivity index (χ3v) is 4.32. The van der Waals surface area contributed by atoms with Gasteiger partial charge in [-0.05, 0) is 40.9 Å². The molecule has 0 saturated carbocycles. The number of hydrogen-bond acceptors (Lipinski definition) is 4. The molecular weight excluding hydrogens is 357 g/mol. The zero-order valence-electron chi connectivity index (χ0n) is 12.4. The van der Waals surface area contributed by atoms with Gasteiger partial charge in [0.25, 0.3) is 0 Å². The SMILES string of the molecule is O=C(OCCc1ccc(Cl)cc1Cl)c1cc2c(cc1F)COB2O. The van der Waals surface area contributed by atoms with Crippen LogP contribution in [0.2, 0.25) is 10.0 Å². The first-order chi connectivity index (χ1) is 11.5. The van der Waals surface area contributed by atoms with Crippen LogP contribution in [-0.4, -0.2) is 24.7 Å². The molecule has 4 nitrogen and oxygen atoms in total. The summed E-state index contributed by atoms with van der Waals surface area (Å²) < 4.78 is 24.1. The highest BCUT2D eigenvalue weighted by Gasteiger charge is 2.30. The number of rotatable bonds is 4. The van der Waals surface area contributed by atoms with Crippen molar-refractivity contribution in [2.45, 2.75) is 13.0 Å². The molecule has 0 bridgehead atoms. The van der Waals surface area contributed by atoms with E-state index < -0.39 is 18.9 Å². The molecule has 124 valence electrons. The molecule has 0 radical (unpaired) electrons. The van der Waals surface area contributed by atoms with E-state index in [0.717, 1.165) is 5.56 Å². The number of fused-ring (bicyclic) bond motifs is 1. The Morgan fingerprint density at radius 2 is 2.12 bits per heavy atom. The Morgan fingerprint density at radius 3 is 2.88 bits per heavy atom. The molecular formula is C16H12BCl2FO4. The summed E-state index contributed by atoms with van der Waals surface area (Å²) in [4.78, 5) is 12.1. The molecule has 1 N–H and O–H groups in total. The van der Waals surface area contributed by atoms with Gasteiger partial charge in [-0.25, -0.2) is 9.18 Å². The molecule has 1 heterocycles. The van der Waals surface area contributed by atoms with Crippen LogP contribution in [0.25, 0.3) is 0 Å². The van der Waals surface area contributed by atoms with Gasteiger partial charge in [0.1, 0.15) is 5.82 Å². The number of hydrogen-bond donors (Lipinski definition) is 1. The third kappa shape index (κ3) is 3.57. The lowest BCUT2D eigenvalue weighted by Crippen LogP contribution is -2.29. The van der Waals surface area contributed by atoms with Crippen molar-refractivity contribution >= 4 is 41.8 Å². The molecule has 2 aromatic rings. The Balaban J connectivity index is 1.66. The van der Waals surface area contributed by atoms with Crippen LogP contribution in [0.5, 0.6) is 0 Å². The zero-order chi connectivity index (χ0) is 17.3. The van der Waals surface area contributed by atoms with E-state index in [9.17, 15) is 14.2 Å². The van der Waals surface area contributed by atoms with E-state index in [-0.39, 0.29) is 18.8 Å².